The van der Waals surface area contributed by atoms with Gasteiger partial charge in [-0.1, -0.05) is 12.1 Å². The molecule has 1 atom stereocenters. The van der Waals surface area contributed by atoms with Crippen LogP contribution in [-0.2, 0) is 33.0 Å². The summed E-state index contributed by atoms with van der Waals surface area (Å²) in [6.45, 7) is 15.0. The van der Waals surface area contributed by atoms with Gasteiger partial charge >= 0.3 is 6.03 Å². The zero-order chi connectivity index (χ0) is 47.4. The Labute approximate surface area is 385 Å². The Morgan fingerprint density at radius 1 is 0.970 bits per heavy atom. The lowest BCUT2D eigenvalue weighted by Gasteiger charge is -2.47. The van der Waals surface area contributed by atoms with Gasteiger partial charge in [0.2, 0.25) is 27.3 Å². The number of halogens is 1. The Kier molecular flexibility index (Phi) is 11.9. The number of carbonyl (C=O) groups excluding carboxylic acids is 2. The number of carbonyl (C=O) groups is 2. The van der Waals surface area contributed by atoms with Crippen molar-refractivity contribution in [2.75, 3.05) is 47.9 Å². The number of amides is 3. The zero-order valence-corrected chi connectivity index (χ0v) is 39.0. The molecule has 5 aromatic heterocycles. The predicted octanol–water partition coefficient (Wildman–Crippen LogP) is 5.87. The summed E-state index contributed by atoms with van der Waals surface area (Å²) in [5.41, 5.74) is 2.52. The van der Waals surface area contributed by atoms with Crippen molar-refractivity contribution in [2.24, 2.45) is 7.05 Å². The summed E-state index contributed by atoms with van der Waals surface area (Å²) >= 11 is 0. The average molecular weight is 935 g/mol. The summed E-state index contributed by atoms with van der Waals surface area (Å²) in [5, 5.41) is 19.4. The number of urea groups is 1. The number of hydrogen-bond acceptors (Lipinski definition) is 15. The second-order valence-electron chi connectivity index (χ2n) is 17.4. The van der Waals surface area contributed by atoms with Crippen LogP contribution in [0, 0.1) is 5.82 Å². The molecule has 22 heteroatoms. The molecule has 0 aliphatic carbocycles. The third kappa shape index (κ3) is 8.86. The van der Waals surface area contributed by atoms with Crippen molar-refractivity contribution in [1.82, 2.24) is 54.3 Å². The standard InChI is InChI=1S/C45H51FN14O6S/c1-8-65-28(4)59-24-30(22-48-59)38-39(66-27(2)3)42-52-43(54-60(42)26-47-38)49-35-14-12-32(21-34(35)46)67(63,64)31-11-9-10-29(20-31)23-57-19-18-56(25-45(57,5)6)36-15-13-33-40(50-36)55(7)53-41(33)58-17-16-37(61)51-44(58)62/h9-15,20-22,24,26-28H,8,16-19,23,25H2,1-7H3,(H,49,54)(H,51,61,62). The van der Waals surface area contributed by atoms with Crippen LogP contribution in [0.1, 0.15) is 59.8 Å². The number of fused-ring (bicyclic) bond motifs is 2. The van der Waals surface area contributed by atoms with Crippen LogP contribution in [0.5, 0.6) is 5.75 Å². The van der Waals surface area contributed by atoms with E-state index in [0.29, 0.717) is 72.3 Å². The molecule has 2 aromatic carbocycles. The van der Waals surface area contributed by atoms with Gasteiger partial charge in [-0.25, -0.2) is 36.9 Å². The predicted molar refractivity (Wildman–Crippen MR) is 246 cm³/mol. The maximum atomic E-state index is 15.8. The molecule has 20 nitrogen and oxygen atoms in total. The summed E-state index contributed by atoms with van der Waals surface area (Å²) in [7, 11) is -2.35. The number of imide groups is 1. The molecular weight excluding hydrogens is 884 g/mol. The van der Waals surface area contributed by atoms with Gasteiger partial charge in [0.05, 0.1) is 33.2 Å². The Morgan fingerprint density at radius 2 is 1.78 bits per heavy atom. The van der Waals surface area contributed by atoms with Crippen LogP contribution in [0.25, 0.3) is 27.9 Å². The van der Waals surface area contributed by atoms with Crippen LogP contribution in [-0.4, -0.2) is 114 Å². The van der Waals surface area contributed by atoms with Crippen LogP contribution >= 0.6 is 0 Å². The van der Waals surface area contributed by atoms with Gasteiger partial charge in [-0.05, 0) is 89.6 Å². The number of nitrogens with zero attached hydrogens (tertiary/aromatic N) is 12. The fourth-order valence-electron chi connectivity index (χ4n) is 8.39. The number of aryl methyl sites for hydroxylation is 1. The molecule has 2 aliphatic rings. The number of anilines is 4. The van der Waals surface area contributed by atoms with Crippen molar-refractivity contribution in [2.45, 2.75) is 82.2 Å². The summed E-state index contributed by atoms with van der Waals surface area (Å²) in [4.78, 5) is 44.2. The molecule has 2 saturated heterocycles. The maximum absolute atomic E-state index is 15.8. The first-order valence-corrected chi connectivity index (χ1v) is 23.4. The number of ether oxygens (including phenoxy) is 2. The molecule has 350 valence electrons. The topological polar surface area (TPSA) is 212 Å². The first kappa shape index (κ1) is 45.1. The molecule has 3 amide bonds. The van der Waals surface area contributed by atoms with Crippen LogP contribution in [0.15, 0.2) is 83.1 Å². The highest BCUT2D eigenvalue weighted by Gasteiger charge is 2.35. The summed E-state index contributed by atoms with van der Waals surface area (Å²) in [6.07, 6.45) is 4.61. The lowest BCUT2D eigenvalue weighted by molar-refractivity contribution is -0.120. The van der Waals surface area contributed by atoms with Gasteiger partial charge in [-0.15, -0.1) is 5.10 Å². The quantitative estimate of drug-likeness (QED) is 0.131. The number of benzene rings is 2. The second kappa shape index (κ2) is 17.6. The van der Waals surface area contributed by atoms with Gasteiger partial charge < -0.3 is 19.7 Å². The lowest BCUT2D eigenvalue weighted by Crippen LogP contribution is -2.59. The number of nitrogens with one attached hydrogen (secondary N) is 2. The van der Waals surface area contributed by atoms with Crippen molar-refractivity contribution >= 4 is 61.7 Å². The molecule has 0 spiro atoms. The van der Waals surface area contributed by atoms with Gasteiger partial charge in [0.25, 0.3) is 0 Å². The molecule has 2 aliphatic heterocycles. The SMILES string of the molecule is CCOC(C)n1cc(-c2ncn3nc(Nc4ccc(S(=O)(=O)c5cccc(CN6CCN(c7ccc8c(N9CCC(=O)NC9=O)nn(C)c8n7)CC6(C)C)c5)cc4F)nc3c2OC(C)C)cn1. The number of pyridine rings is 1. The summed E-state index contributed by atoms with van der Waals surface area (Å²) in [6, 6.07) is 13.7. The van der Waals surface area contributed by atoms with Crippen molar-refractivity contribution in [3.63, 3.8) is 0 Å². The molecule has 67 heavy (non-hydrogen) atoms. The molecule has 0 bridgehead atoms. The fourth-order valence-corrected chi connectivity index (χ4v) is 9.73. The molecule has 7 heterocycles. The van der Waals surface area contributed by atoms with E-state index in [9.17, 15) is 18.0 Å². The summed E-state index contributed by atoms with van der Waals surface area (Å²) < 4.78 is 60.4. The smallest absolute Gasteiger partial charge is 0.329 e. The Balaban J connectivity index is 0.882. The van der Waals surface area contributed by atoms with E-state index in [2.05, 4.69) is 59.5 Å². The molecule has 0 saturated carbocycles. The average Bonchev–Trinajstić information content (AvgIpc) is 4.03. The lowest BCUT2D eigenvalue weighted by atomic mass is 9.97. The monoisotopic (exact) mass is 934 g/mol. The summed E-state index contributed by atoms with van der Waals surface area (Å²) in [5.74, 6) is 0.481. The minimum atomic E-state index is -4.12. The number of hydrogen-bond donors (Lipinski definition) is 2. The van der Waals surface area contributed by atoms with Crippen LogP contribution < -0.4 is 25.2 Å². The minimum absolute atomic E-state index is 0.0268. The van der Waals surface area contributed by atoms with E-state index in [1.165, 1.54) is 33.9 Å². The van der Waals surface area contributed by atoms with Crippen LogP contribution in [0.3, 0.4) is 0 Å². The van der Waals surface area contributed by atoms with Crippen molar-refractivity contribution in [3.8, 4) is 17.0 Å². The maximum Gasteiger partial charge on any atom is 0.329 e. The Morgan fingerprint density at radius 3 is 2.52 bits per heavy atom. The fraction of sp³-hybridized carbons (Fsp3) is 0.378. The molecule has 9 rings (SSSR count). The third-order valence-corrected chi connectivity index (χ3v) is 13.5. The zero-order valence-electron chi connectivity index (χ0n) is 38.1. The van der Waals surface area contributed by atoms with E-state index in [1.54, 1.807) is 40.9 Å². The number of rotatable bonds is 14. The van der Waals surface area contributed by atoms with E-state index in [0.717, 1.165) is 17.4 Å². The minimum Gasteiger partial charge on any atom is -0.485 e. The van der Waals surface area contributed by atoms with E-state index >= 15 is 4.39 Å². The van der Waals surface area contributed by atoms with Gasteiger partial charge in [0.15, 0.2) is 17.2 Å². The molecule has 7 aromatic rings. The molecule has 2 N–H and O–H groups in total. The van der Waals surface area contributed by atoms with Crippen LogP contribution in [0.4, 0.5) is 32.5 Å². The number of sulfone groups is 1. The first-order chi connectivity index (χ1) is 32.0. The first-order valence-electron chi connectivity index (χ1n) is 21.9. The van der Waals surface area contributed by atoms with E-state index in [4.69, 9.17) is 14.5 Å². The largest absolute Gasteiger partial charge is 0.485 e. The second-order valence-corrected chi connectivity index (χ2v) is 19.3. The van der Waals surface area contributed by atoms with Crippen molar-refractivity contribution in [3.05, 3.63) is 84.7 Å². The van der Waals surface area contributed by atoms with E-state index in [1.807, 2.05) is 45.9 Å². The number of piperazine rings is 1. The van der Waals surface area contributed by atoms with Crippen LogP contribution in [0.2, 0.25) is 0 Å². The van der Waals surface area contributed by atoms with E-state index in [-0.39, 0.29) is 58.2 Å². The normalized spacial score (nSPS) is 16.3. The van der Waals surface area contributed by atoms with Crippen molar-refractivity contribution in [1.29, 1.82) is 0 Å². The van der Waals surface area contributed by atoms with E-state index < -0.39 is 21.7 Å². The highest BCUT2D eigenvalue weighted by Crippen LogP contribution is 2.35. The molecule has 1 unspecified atom stereocenters. The van der Waals surface area contributed by atoms with Gasteiger partial charge in [0.1, 0.15) is 29.9 Å². The van der Waals surface area contributed by atoms with Gasteiger partial charge in [0, 0.05) is 70.1 Å². The molecular formula is C45H51FN14O6S. The Hall–Kier alpha value is -7.04. The molecule has 2 fully saturated rings. The third-order valence-electron chi connectivity index (χ3n) is 11.8. The van der Waals surface area contributed by atoms with Gasteiger partial charge in [-0.2, -0.15) is 19.7 Å². The van der Waals surface area contributed by atoms with Gasteiger partial charge in [-0.3, -0.25) is 19.9 Å². The highest BCUT2D eigenvalue weighted by molar-refractivity contribution is 7.91. The highest BCUT2D eigenvalue weighted by atomic mass is 32.2. The van der Waals surface area contributed by atoms with Crippen molar-refractivity contribution < 1.29 is 31.9 Å². The molecule has 0 radical (unpaired) electrons. The Bertz CT molecular complexity index is 3150. The number of aromatic nitrogens is 9.